The van der Waals surface area contributed by atoms with Crippen LogP contribution in [-0.2, 0) is 4.79 Å². The molecule has 6 rings (SSSR count). The van der Waals surface area contributed by atoms with E-state index in [1.807, 2.05) is 11.0 Å². The number of nitrogens with one attached hydrogen (secondary N) is 3. The monoisotopic (exact) mass is 522 g/mol. The number of hydrogen-bond donors (Lipinski definition) is 3. The number of ether oxygens (including phenoxy) is 1. The van der Waals surface area contributed by atoms with E-state index in [4.69, 9.17) is 10.00 Å². The van der Waals surface area contributed by atoms with Gasteiger partial charge < -0.3 is 20.3 Å². The molecule has 0 unspecified atom stereocenters. The van der Waals surface area contributed by atoms with E-state index in [-0.39, 0.29) is 23.8 Å². The molecule has 0 radical (unpaired) electrons. The van der Waals surface area contributed by atoms with Crippen LogP contribution in [0.5, 0.6) is 11.5 Å². The first kappa shape index (κ1) is 24.4. The topological polar surface area (TPSA) is 149 Å². The van der Waals surface area contributed by atoms with E-state index in [1.165, 1.54) is 12.3 Å². The highest BCUT2D eigenvalue weighted by Gasteiger charge is 2.35. The Labute approximate surface area is 224 Å². The highest BCUT2D eigenvalue weighted by atomic mass is 16.5. The molecular weight excluding hydrogens is 496 g/mol. The van der Waals surface area contributed by atoms with Crippen LogP contribution in [0.2, 0.25) is 0 Å². The third kappa shape index (κ3) is 5.36. The van der Waals surface area contributed by atoms with Crippen LogP contribution in [0.25, 0.3) is 11.0 Å². The van der Waals surface area contributed by atoms with Crippen LogP contribution in [0.3, 0.4) is 0 Å². The molecule has 1 saturated heterocycles. The predicted molar refractivity (Wildman–Crippen MR) is 143 cm³/mol. The summed E-state index contributed by atoms with van der Waals surface area (Å²) in [5, 5.41) is 23.3. The molecule has 11 nitrogen and oxygen atoms in total. The zero-order valence-corrected chi connectivity index (χ0v) is 21.1. The van der Waals surface area contributed by atoms with Crippen molar-refractivity contribution in [1.29, 1.82) is 5.26 Å². The summed E-state index contributed by atoms with van der Waals surface area (Å²) in [5.41, 5.74) is 1.41. The van der Waals surface area contributed by atoms with Crippen molar-refractivity contribution < 1.29 is 14.3 Å². The number of aromatic amines is 1. The minimum Gasteiger partial charge on any atom is -0.456 e. The lowest BCUT2D eigenvalue weighted by molar-refractivity contribution is -0.133. The van der Waals surface area contributed by atoms with Gasteiger partial charge in [0.25, 0.3) is 5.91 Å². The Morgan fingerprint density at radius 2 is 1.90 bits per heavy atom. The summed E-state index contributed by atoms with van der Waals surface area (Å²) in [7, 11) is 0. The zero-order chi connectivity index (χ0) is 26.8. The number of fused-ring (bicyclic) bond motifs is 1. The molecule has 4 aromatic rings. The lowest BCUT2D eigenvalue weighted by Gasteiger charge is -2.33. The Hall–Kier alpha value is -4.98. The third-order valence-corrected chi connectivity index (χ3v) is 6.90. The van der Waals surface area contributed by atoms with Crippen LogP contribution in [0, 0.1) is 17.2 Å². The van der Waals surface area contributed by atoms with Crippen molar-refractivity contribution >= 4 is 34.5 Å². The molecule has 4 heterocycles. The number of carbonyl (C=O) groups is 2. The molecule has 1 atom stereocenters. The number of pyridine rings is 2. The summed E-state index contributed by atoms with van der Waals surface area (Å²) < 4.78 is 6.18. The Balaban J connectivity index is 1.15. The summed E-state index contributed by atoms with van der Waals surface area (Å²) in [6.45, 7) is 1.46. The van der Waals surface area contributed by atoms with E-state index in [0.29, 0.717) is 51.8 Å². The van der Waals surface area contributed by atoms with E-state index in [1.54, 1.807) is 42.6 Å². The van der Waals surface area contributed by atoms with Gasteiger partial charge in [0.2, 0.25) is 5.91 Å². The van der Waals surface area contributed by atoms with Crippen molar-refractivity contribution in [2.75, 3.05) is 23.7 Å². The van der Waals surface area contributed by atoms with E-state index < -0.39 is 0 Å². The number of H-pyrrole nitrogens is 1. The fraction of sp³-hybridized carbons (Fsp3) is 0.286. The number of aromatic nitrogens is 4. The molecule has 2 amide bonds. The SMILES string of the molecule is N#Cc1ccnc(NC(=O)c2ccc(Oc3ccnc4[nH]nc(N[C@@H]5CCCN(C(=O)C6CC6)C5)c34)cc2)c1. The molecule has 39 heavy (non-hydrogen) atoms. The van der Waals surface area contributed by atoms with Gasteiger partial charge in [-0.1, -0.05) is 0 Å². The molecule has 2 aliphatic rings. The normalized spacial score (nSPS) is 16.9. The minimum absolute atomic E-state index is 0.0853. The smallest absolute Gasteiger partial charge is 0.256 e. The standard InChI is InChI=1S/C28H26N8O3/c29-15-17-9-11-30-23(14-17)33-27(37)18-5-7-21(8-6-18)39-22-10-12-31-25-24(22)26(35-34-25)32-20-2-1-13-36(16-20)28(38)19-3-4-19/h5-12,14,19-20H,1-4,13,16H2,(H,30,33,37)(H2,31,32,34,35)/t20-/m1/s1. The van der Waals surface area contributed by atoms with Gasteiger partial charge in [-0.3, -0.25) is 14.7 Å². The Morgan fingerprint density at radius 3 is 2.69 bits per heavy atom. The van der Waals surface area contributed by atoms with Crippen LogP contribution in [-0.4, -0.2) is 56.0 Å². The summed E-state index contributed by atoms with van der Waals surface area (Å²) in [6.07, 6.45) is 7.00. The summed E-state index contributed by atoms with van der Waals surface area (Å²) in [5.74, 6) is 2.16. The van der Waals surface area contributed by atoms with Crippen molar-refractivity contribution in [3.8, 4) is 17.6 Å². The molecule has 3 N–H and O–H groups in total. The maximum absolute atomic E-state index is 12.6. The molecular formula is C28H26N8O3. The van der Waals surface area contributed by atoms with Crippen LogP contribution >= 0.6 is 0 Å². The quantitative estimate of drug-likeness (QED) is 0.329. The minimum atomic E-state index is -0.349. The number of likely N-dealkylation sites (tertiary alicyclic amines) is 1. The van der Waals surface area contributed by atoms with Gasteiger partial charge in [0, 0.05) is 49.1 Å². The number of rotatable bonds is 7. The molecule has 11 heteroatoms. The van der Waals surface area contributed by atoms with Crippen LogP contribution in [0.15, 0.2) is 54.9 Å². The number of benzene rings is 1. The van der Waals surface area contributed by atoms with Crippen molar-refractivity contribution in [1.82, 2.24) is 25.1 Å². The van der Waals surface area contributed by atoms with Crippen LogP contribution in [0.4, 0.5) is 11.6 Å². The number of hydrogen-bond acceptors (Lipinski definition) is 8. The predicted octanol–water partition coefficient (Wildman–Crippen LogP) is 4.08. The van der Waals surface area contributed by atoms with Gasteiger partial charge in [0.1, 0.15) is 22.7 Å². The maximum atomic E-state index is 12.6. The average Bonchev–Trinajstić information content (AvgIpc) is 3.74. The highest BCUT2D eigenvalue weighted by Crippen LogP contribution is 2.35. The number of amides is 2. The first-order chi connectivity index (χ1) is 19.1. The van der Waals surface area contributed by atoms with Gasteiger partial charge in [-0.15, -0.1) is 0 Å². The molecule has 1 aliphatic carbocycles. The van der Waals surface area contributed by atoms with E-state index in [9.17, 15) is 9.59 Å². The molecule has 2 fully saturated rings. The van der Waals surface area contributed by atoms with Crippen molar-refractivity contribution in [3.63, 3.8) is 0 Å². The summed E-state index contributed by atoms with van der Waals surface area (Å²) in [4.78, 5) is 35.6. The summed E-state index contributed by atoms with van der Waals surface area (Å²) >= 11 is 0. The second-order valence-corrected chi connectivity index (χ2v) is 9.77. The fourth-order valence-corrected chi connectivity index (χ4v) is 4.75. The molecule has 1 saturated carbocycles. The van der Waals surface area contributed by atoms with E-state index in [0.717, 1.165) is 32.2 Å². The maximum Gasteiger partial charge on any atom is 0.256 e. The Bertz CT molecular complexity index is 1570. The number of nitrogens with zero attached hydrogens (tertiary/aromatic N) is 5. The molecule has 1 aliphatic heterocycles. The van der Waals surface area contributed by atoms with Gasteiger partial charge in [-0.05, 0) is 62.1 Å². The van der Waals surface area contributed by atoms with Crippen LogP contribution in [0.1, 0.15) is 41.6 Å². The first-order valence-electron chi connectivity index (χ1n) is 12.9. The van der Waals surface area contributed by atoms with Crippen molar-refractivity contribution in [2.24, 2.45) is 5.92 Å². The van der Waals surface area contributed by atoms with Gasteiger partial charge in [-0.2, -0.15) is 10.4 Å². The first-order valence-corrected chi connectivity index (χ1v) is 12.9. The largest absolute Gasteiger partial charge is 0.456 e. The second-order valence-electron chi connectivity index (χ2n) is 9.77. The molecule has 0 spiro atoms. The van der Waals surface area contributed by atoms with Gasteiger partial charge in [0.05, 0.1) is 11.6 Å². The number of anilines is 2. The average molecular weight is 523 g/mol. The van der Waals surface area contributed by atoms with Gasteiger partial charge in [0.15, 0.2) is 11.5 Å². The van der Waals surface area contributed by atoms with E-state index >= 15 is 0 Å². The van der Waals surface area contributed by atoms with Crippen LogP contribution < -0.4 is 15.4 Å². The lowest BCUT2D eigenvalue weighted by Crippen LogP contribution is -2.45. The number of piperidine rings is 1. The molecule has 0 bridgehead atoms. The third-order valence-electron chi connectivity index (χ3n) is 6.90. The molecule has 196 valence electrons. The Morgan fingerprint density at radius 1 is 1.08 bits per heavy atom. The van der Waals surface area contributed by atoms with Crippen molar-refractivity contribution in [2.45, 2.75) is 31.7 Å². The highest BCUT2D eigenvalue weighted by molar-refractivity contribution is 6.03. The Kier molecular flexibility index (Phi) is 6.50. The summed E-state index contributed by atoms with van der Waals surface area (Å²) in [6, 6.07) is 13.7. The number of nitriles is 1. The zero-order valence-electron chi connectivity index (χ0n) is 21.1. The van der Waals surface area contributed by atoms with Crippen molar-refractivity contribution in [3.05, 3.63) is 66.0 Å². The van der Waals surface area contributed by atoms with Gasteiger partial charge >= 0.3 is 0 Å². The molecule has 3 aromatic heterocycles. The lowest BCUT2D eigenvalue weighted by atomic mass is 10.0. The number of carbonyl (C=O) groups excluding carboxylic acids is 2. The van der Waals surface area contributed by atoms with Gasteiger partial charge in [-0.25, -0.2) is 9.97 Å². The molecule has 1 aromatic carbocycles. The fourth-order valence-electron chi connectivity index (χ4n) is 4.75. The second kappa shape index (κ2) is 10.4. The van der Waals surface area contributed by atoms with E-state index in [2.05, 4.69) is 30.8 Å².